The van der Waals surface area contributed by atoms with Gasteiger partial charge < -0.3 is 15.2 Å². The Morgan fingerprint density at radius 3 is 2.81 bits per heavy atom. The first-order chi connectivity index (χ1) is 10.2. The van der Waals surface area contributed by atoms with Gasteiger partial charge in [-0.2, -0.15) is 0 Å². The Morgan fingerprint density at radius 1 is 1.19 bits per heavy atom. The molecular formula is C17H26N2O2. The maximum Gasteiger partial charge on any atom is 0.161 e. The first kappa shape index (κ1) is 14.7. The van der Waals surface area contributed by atoms with Crippen molar-refractivity contribution >= 4 is 0 Å². The fourth-order valence-corrected chi connectivity index (χ4v) is 3.20. The number of fused-ring (bicyclic) bond motifs is 1. The van der Waals surface area contributed by atoms with E-state index in [0.29, 0.717) is 6.04 Å². The molecule has 0 aromatic heterocycles. The minimum absolute atomic E-state index is 0.0303. The lowest BCUT2D eigenvalue weighted by Gasteiger charge is -2.35. The van der Waals surface area contributed by atoms with Crippen LogP contribution >= 0.6 is 0 Å². The predicted octanol–water partition coefficient (Wildman–Crippen LogP) is 2.72. The van der Waals surface area contributed by atoms with Crippen molar-refractivity contribution in [3.8, 4) is 11.5 Å². The molecule has 4 nitrogen and oxygen atoms in total. The highest BCUT2D eigenvalue weighted by Crippen LogP contribution is 2.32. The largest absolute Gasteiger partial charge is 0.490 e. The normalized spacial score (nSPS) is 24.4. The van der Waals surface area contributed by atoms with Crippen LogP contribution in [0.5, 0.6) is 11.5 Å². The van der Waals surface area contributed by atoms with Gasteiger partial charge in [0.2, 0.25) is 0 Å². The molecule has 1 saturated heterocycles. The van der Waals surface area contributed by atoms with Crippen LogP contribution in [0.2, 0.25) is 0 Å². The monoisotopic (exact) mass is 290 g/mol. The molecule has 2 unspecified atom stereocenters. The number of hydrogen-bond donors (Lipinski definition) is 1. The number of ether oxygens (including phenoxy) is 2. The topological polar surface area (TPSA) is 47.7 Å². The number of benzene rings is 1. The summed E-state index contributed by atoms with van der Waals surface area (Å²) in [5.74, 6) is 1.68. The van der Waals surface area contributed by atoms with Crippen molar-refractivity contribution in [2.75, 3.05) is 26.3 Å². The van der Waals surface area contributed by atoms with Crippen LogP contribution in [0.3, 0.4) is 0 Å². The van der Waals surface area contributed by atoms with E-state index in [4.69, 9.17) is 15.2 Å². The van der Waals surface area contributed by atoms with Gasteiger partial charge in [-0.3, -0.25) is 4.90 Å². The SMILES string of the molecule is CC1CCCCN1CC(N)c1ccc2c(c1)OCCCO2. The minimum atomic E-state index is 0.0303. The van der Waals surface area contributed by atoms with Crippen LogP contribution in [0.4, 0.5) is 0 Å². The van der Waals surface area contributed by atoms with Gasteiger partial charge in [0.05, 0.1) is 13.2 Å². The van der Waals surface area contributed by atoms with Gasteiger partial charge in [0.1, 0.15) is 0 Å². The second-order valence-corrected chi connectivity index (χ2v) is 6.20. The maximum absolute atomic E-state index is 6.42. The molecule has 4 heteroatoms. The average Bonchev–Trinajstić information content (AvgIpc) is 2.74. The van der Waals surface area contributed by atoms with E-state index in [9.17, 15) is 0 Å². The Labute approximate surface area is 127 Å². The standard InChI is InChI=1S/C17H26N2O2/c1-13-5-2-3-8-19(13)12-15(18)14-6-7-16-17(11-14)21-10-4-9-20-16/h6-7,11,13,15H,2-5,8-10,12,18H2,1H3. The molecule has 2 atom stereocenters. The van der Waals surface area contributed by atoms with Gasteiger partial charge in [-0.05, 0) is 44.0 Å². The van der Waals surface area contributed by atoms with Crippen LogP contribution in [0.15, 0.2) is 18.2 Å². The fourth-order valence-electron chi connectivity index (χ4n) is 3.20. The molecule has 1 aromatic rings. The molecule has 1 aromatic carbocycles. The Balaban J connectivity index is 1.69. The zero-order valence-corrected chi connectivity index (χ0v) is 12.9. The van der Waals surface area contributed by atoms with Gasteiger partial charge in [-0.1, -0.05) is 12.5 Å². The van der Waals surface area contributed by atoms with E-state index in [1.54, 1.807) is 0 Å². The van der Waals surface area contributed by atoms with Gasteiger partial charge in [0.25, 0.3) is 0 Å². The van der Waals surface area contributed by atoms with Gasteiger partial charge in [0, 0.05) is 25.0 Å². The molecule has 2 heterocycles. The molecule has 0 spiro atoms. The van der Waals surface area contributed by atoms with E-state index in [1.165, 1.54) is 25.8 Å². The van der Waals surface area contributed by atoms with Gasteiger partial charge in [0.15, 0.2) is 11.5 Å². The molecule has 3 rings (SSSR count). The smallest absolute Gasteiger partial charge is 0.161 e. The zero-order chi connectivity index (χ0) is 14.7. The summed E-state index contributed by atoms with van der Waals surface area (Å²) in [6.07, 6.45) is 4.85. The number of likely N-dealkylation sites (tertiary alicyclic amines) is 1. The Kier molecular flexibility index (Phi) is 4.66. The summed E-state index contributed by atoms with van der Waals surface area (Å²) >= 11 is 0. The molecule has 0 radical (unpaired) electrons. The van der Waals surface area contributed by atoms with Crippen molar-refractivity contribution in [1.29, 1.82) is 0 Å². The van der Waals surface area contributed by atoms with Gasteiger partial charge in [-0.15, -0.1) is 0 Å². The number of nitrogens with two attached hydrogens (primary N) is 1. The van der Waals surface area contributed by atoms with Crippen LogP contribution in [0.1, 0.15) is 44.2 Å². The maximum atomic E-state index is 6.42. The fraction of sp³-hybridized carbons (Fsp3) is 0.647. The van der Waals surface area contributed by atoms with Crippen LogP contribution in [-0.2, 0) is 0 Å². The number of piperidine rings is 1. The third kappa shape index (κ3) is 3.50. The molecule has 21 heavy (non-hydrogen) atoms. The van der Waals surface area contributed by atoms with E-state index in [1.807, 2.05) is 6.07 Å². The highest BCUT2D eigenvalue weighted by molar-refractivity contribution is 5.44. The molecule has 2 aliphatic heterocycles. The Morgan fingerprint density at radius 2 is 2.00 bits per heavy atom. The van der Waals surface area contributed by atoms with Crippen molar-refractivity contribution in [2.45, 2.75) is 44.7 Å². The molecule has 0 bridgehead atoms. The first-order valence-electron chi connectivity index (χ1n) is 8.13. The third-order valence-electron chi connectivity index (χ3n) is 4.57. The highest BCUT2D eigenvalue weighted by Gasteiger charge is 2.21. The second-order valence-electron chi connectivity index (χ2n) is 6.20. The van der Waals surface area contributed by atoms with E-state index in [-0.39, 0.29) is 6.04 Å². The second kappa shape index (κ2) is 6.67. The number of nitrogens with zero attached hydrogens (tertiary/aromatic N) is 1. The summed E-state index contributed by atoms with van der Waals surface area (Å²) in [6.45, 7) is 5.83. The molecule has 116 valence electrons. The molecular weight excluding hydrogens is 264 g/mol. The predicted molar refractivity (Wildman–Crippen MR) is 83.9 cm³/mol. The summed E-state index contributed by atoms with van der Waals surface area (Å²) < 4.78 is 11.4. The summed E-state index contributed by atoms with van der Waals surface area (Å²) in [7, 11) is 0. The van der Waals surface area contributed by atoms with E-state index >= 15 is 0 Å². The van der Waals surface area contributed by atoms with Crippen molar-refractivity contribution < 1.29 is 9.47 Å². The summed E-state index contributed by atoms with van der Waals surface area (Å²) in [6, 6.07) is 6.80. The van der Waals surface area contributed by atoms with Crippen molar-refractivity contribution in [3.63, 3.8) is 0 Å². The molecule has 2 N–H and O–H groups in total. The van der Waals surface area contributed by atoms with Crippen LogP contribution < -0.4 is 15.2 Å². The first-order valence-corrected chi connectivity index (χ1v) is 8.13. The summed E-state index contributed by atoms with van der Waals surface area (Å²) in [4.78, 5) is 2.51. The molecule has 0 saturated carbocycles. The lowest BCUT2D eigenvalue weighted by Crippen LogP contribution is -2.41. The lowest BCUT2D eigenvalue weighted by molar-refractivity contribution is 0.151. The highest BCUT2D eigenvalue weighted by atomic mass is 16.5. The quantitative estimate of drug-likeness (QED) is 0.930. The summed E-state index contributed by atoms with van der Waals surface area (Å²) in [5.41, 5.74) is 7.56. The minimum Gasteiger partial charge on any atom is -0.490 e. The third-order valence-corrected chi connectivity index (χ3v) is 4.57. The molecule has 1 fully saturated rings. The van der Waals surface area contributed by atoms with Gasteiger partial charge >= 0.3 is 0 Å². The number of rotatable bonds is 3. The molecule has 0 amide bonds. The van der Waals surface area contributed by atoms with E-state index in [0.717, 1.165) is 43.2 Å². The van der Waals surface area contributed by atoms with Crippen LogP contribution in [0, 0.1) is 0 Å². The van der Waals surface area contributed by atoms with Crippen LogP contribution in [0.25, 0.3) is 0 Å². The molecule has 0 aliphatic carbocycles. The van der Waals surface area contributed by atoms with Crippen LogP contribution in [-0.4, -0.2) is 37.2 Å². The average molecular weight is 290 g/mol. The lowest BCUT2D eigenvalue weighted by atomic mass is 10.0. The Hall–Kier alpha value is -1.26. The van der Waals surface area contributed by atoms with Crippen molar-refractivity contribution in [3.05, 3.63) is 23.8 Å². The van der Waals surface area contributed by atoms with E-state index < -0.39 is 0 Å². The zero-order valence-electron chi connectivity index (χ0n) is 12.9. The molecule has 2 aliphatic rings. The van der Waals surface area contributed by atoms with Gasteiger partial charge in [-0.25, -0.2) is 0 Å². The Bertz CT molecular complexity index is 478. The van der Waals surface area contributed by atoms with Crippen molar-refractivity contribution in [1.82, 2.24) is 4.90 Å². The summed E-state index contributed by atoms with van der Waals surface area (Å²) in [5, 5.41) is 0. The van der Waals surface area contributed by atoms with E-state index in [2.05, 4.69) is 24.0 Å². The number of hydrogen-bond acceptors (Lipinski definition) is 4. The van der Waals surface area contributed by atoms with Crippen molar-refractivity contribution in [2.24, 2.45) is 5.73 Å².